The molecule has 0 amide bonds. The Labute approximate surface area is 153 Å². The van der Waals surface area contributed by atoms with Crippen molar-refractivity contribution in [2.75, 3.05) is 0 Å². The Kier molecular flexibility index (Phi) is 5.40. The summed E-state index contributed by atoms with van der Waals surface area (Å²) < 4.78 is 25.2. The molecular formula is C22H19O3P. The van der Waals surface area contributed by atoms with Gasteiger partial charge in [-0.1, -0.05) is 67.8 Å². The fourth-order valence-electron chi connectivity index (χ4n) is 2.34. The normalized spacial score (nSPS) is 10.8. The lowest BCUT2D eigenvalue weighted by molar-refractivity contribution is 0.399. The molecule has 26 heavy (non-hydrogen) atoms. The molecule has 0 radical (unpaired) electrons. The van der Waals surface area contributed by atoms with Gasteiger partial charge < -0.3 is 9.05 Å². The van der Waals surface area contributed by atoms with Crippen molar-refractivity contribution in [1.29, 1.82) is 0 Å². The van der Waals surface area contributed by atoms with Crippen LogP contribution < -0.4 is 14.4 Å². The molecule has 3 aromatic rings. The summed E-state index contributed by atoms with van der Waals surface area (Å²) in [5.41, 5.74) is 1.90. The lowest BCUT2D eigenvalue weighted by atomic mass is 10.2. The third-order valence-electron chi connectivity index (χ3n) is 3.76. The molecule has 130 valence electrons. The number of benzene rings is 3. The molecule has 0 aliphatic carbocycles. The summed E-state index contributed by atoms with van der Waals surface area (Å²) in [6.45, 7) is 7.45. The Balaban J connectivity index is 1.94. The standard InChI is InChI=1S/C22H19O3P/c1-3-18-10-14-20(15-11-18)24-26(23,22-8-6-5-7-9-22)25-21-16-12-19(4-2)13-17-21/h3-17H,1-2H2. The van der Waals surface area contributed by atoms with E-state index in [1.807, 2.05) is 30.3 Å². The van der Waals surface area contributed by atoms with Crippen LogP contribution in [0, 0.1) is 0 Å². The van der Waals surface area contributed by atoms with Gasteiger partial charge in [-0.25, -0.2) is 4.57 Å². The van der Waals surface area contributed by atoms with Crippen molar-refractivity contribution < 1.29 is 13.6 Å². The smallest absolute Gasteiger partial charge is 0.413 e. The predicted molar refractivity (Wildman–Crippen MR) is 108 cm³/mol. The first-order valence-electron chi connectivity index (χ1n) is 8.13. The van der Waals surface area contributed by atoms with Gasteiger partial charge in [0.15, 0.2) is 0 Å². The minimum absolute atomic E-state index is 0.463. The van der Waals surface area contributed by atoms with Crippen LogP contribution in [0.2, 0.25) is 0 Å². The molecule has 0 saturated heterocycles. The Bertz CT molecular complexity index is 872. The molecule has 0 unspecified atom stereocenters. The van der Waals surface area contributed by atoms with Crippen molar-refractivity contribution in [3.05, 3.63) is 103 Å². The highest BCUT2D eigenvalue weighted by atomic mass is 31.2. The van der Waals surface area contributed by atoms with E-state index >= 15 is 0 Å². The fraction of sp³-hybridized carbons (Fsp3) is 0. The molecule has 0 saturated carbocycles. The molecule has 0 aliphatic heterocycles. The average molecular weight is 362 g/mol. The van der Waals surface area contributed by atoms with Gasteiger partial charge in [0, 0.05) is 0 Å². The molecular weight excluding hydrogens is 343 g/mol. The summed E-state index contributed by atoms with van der Waals surface area (Å²) in [5, 5.41) is 0.487. The van der Waals surface area contributed by atoms with Crippen LogP contribution in [0.5, 0.6) is 11.5 Å². The van der Waals surface area contributed by atoms with Gasteiger partial charge in [-0.2, -0.15) is 0 Å². The average Bonchev–Trinajstić information content (AvgIpc) is 2.70. The molecule has 0 spiro atoms. The third-order valence-corrected chi connectivity index (χ3v) is 5.59. The number of hydrogen-bond donors (Lipinski definition) is 0. The van der Waals surface area contributed by atoms with Crippen molar-refractivity contribution in [2.24, 2.45) is 0 Å². The molecule has 0 fully saturated rings. The van der Waals surface area contributed by atoms with Crippen molar-refractivity contribution in [2.45, 2.75) is 0 Å². The monoisotopic (exact) mass is 362 g/mol. The van der Waals surface area contributed by atoms with Crippen LogP contribution in [0.1, 0.15) is 11.1 Å². The van der Waals surface area contributed by atoms with E-state index in [1.54, 1.807) is 60.7 Å². The zero-order chi connectivity index (χ0) is 18.4. The molecule has 0 aromatic heterocycles. The lowest BCUT2D eigenvalue weighted by Gasteiger charge is -2.20. The number of hydrogen-bond acceptors (Lipinski definition) is 3. The highest BCUT2D eigenvalue weighted by molar-refractivity contribution is 7.63. The number of rotatable bonds is 7. The van der Waals surface area contributed by atoms with E-state index in [9.17, 15) is 4.57 Å². The van der Waals surface area contributed by atoms with Crippen LogP contribution in [0.25, 0.3) is 12.2 Å². The van der Waals surface area contributed by atoms with Crippen LogP contribution >= 0.6 is 7.60 Å². The van der Waals surface area contributed by atoms with E-state index in [2.05, 4.69) is 13.2 Å². The topological polar surface area (TPSA) is 35.5 Å². The Morgan fingerprint density at radius 3 is 1.46 bits per heavy atom. The Morgan fingerprint density at radius 1 is 0.654 bits per heavy atom. The quantitative estimate of drug-likeness (QED) is 0.487. The highest BCUT2D eigenvalue weighted by Crippen LogP contribution is 2.47. The minimum Gasteiger partial charge on any atom is -0.413 e. The SMILES string of the molecule is C=Cc1ccc(OP(=O)(Oc2ccc(C=C)cc2)c2ccccc2)cc1. The van der Waals surface area contributed by atoms with E-state index in [0.29, 0.717) is 16.8 Å². The van der Waals surface area contributed by atoms with E-state index in [0.717, 1.165) is 11.1 Å². The molecule has 0 heterocycles. The first kappa shape index (κ1) is 17.8. The van der Waals surface area contributed by atoms with Gasteiger partial charge >= 0.3 is 7.60 Å². The van der Waals surface area contributed by atoms with Crippen LogP contribution in [-0.2, 0) is 4.57 Å². The summed E-state index contributed by atoms with van der Waals surface area (Å²) in [4.78, 5) is 0. The summed E-state index contributed by atoms with van der Waals surface area (Å²) in [6.07, 6.45) is 3.47. The Hall–Kier alpha value is -3.03. The second-order valence-electron chi connectivity index (χ2n) is 5.56. The molecule has 3 aromatic carbocycles. The predicted octanol–water partition coefficient (Wildman–Crippen LogP) is 5.95. The second-order valence-corrected chi connectivity index (χ2v) is 7.44. The second kappa shape index (κ2) is 7.90. The molecule has 3 nitrogen and oxygen atoms in total. The largest absolute Gasteiger partial charge is 0.462 e. The van der Waals surface area contributed by atoms with Gasteiger partial charge in [0.25, 0.3) is 0 Å². The van der Waals surface area contributed by atoms with Crippen molar-refractivity contribution in [3.63, 3.8) is 0 Å². The first-order chi connectivity index (χ1) is 12.6. The maximum absolute atomic E-state index is 13.6. The van der Waals surface area contributed by atoms with Gasteiger partial charge in [0.1, 0.15) is 11.5 Å². The molecule has 3 rings (SSSR count). The summed E-state index contributed by atoms with van der Waals surface area (Å²) >= 11 is 0. The van der Waals surface area contributed by atoms with Gasteiger partial charge in [-0.15, -0.1) is 0 Å². The van der Waals surface area contributed by atoms with Crippen LogP contribution in [0.4, 0.5) is 0 Å². The zero-order valence-corrected chi connectivity index (χ0v) is 15.1. The van der Waals surface area contributed by atoms with Crippen molar-refractivity contribution in [3.8, 4) is 11.5 Å². The molecule has 0 aliphatic rings. The van der Waals surface area contributed by atoms with Gasteiger partial charge in [0.2, 0.25) is 0 Å². The molecule has 0 bridgehead atoms. The summed E-state index contributed by atoms with van der Waals surface area (Å²) in [7, 11) is -3.61. The molecule has 0 N–H and O–H groups in total. The summed E-state index contributed by atoms with van der Waals surface area (Å²) in [6, 6.07) is 23.3. The maximum atomic E-state index is 13.6. The lowest BCUT2D eigenvalue weighted by Crippen LogP contribution is -2.14. The summed E-state index contributed by atoms with van der Waals surface area (Å²) in [5.74, 6) is 0.927. The van der Waals surface area contributed by atoms with E-state index < -0.39 is 7.60 Å². The van der Waals surface area contributed by atoms with E-state index in [-0.39, 0.29) is 0 Å². The van der Waals surface area contributed by atoms with E-state index in [4.69, 9.17) is 9.05 Å². The fourth-order valence-corrected chi connectivity index (χ4v) is 3.93. The van der Waals surface area contributed by atoms with Crippen LogP contribution in [0.15, 0.2) is 92.0 Å². The van der Waals surface area contributed by atoms with Gasteiger partial charge in [-0.05, 0) is 47.5 Å². The third kappa shape index (κ3) is 4.14. The maximum Gasteiger partial charge on any atom is 0.462 e. The first-order valence-corrected chi connectivity index (χ1v) is 9.67. The molecule has 4 heteroatoms. The van der Waals surface area contributed by atoms with Gasteiger partial charge in [0.05, 0.1) is 5.30 Å². The molecule has 0 atom stereocenters. The zero-order valence-electron chi connectivity index (χ0n) is 14.2. The highest BCUT2D eigenvalue weighted by Gasteiger charge is 2.31. The van der Waals surface area contributed by atoms with Crippen LogP contribution in [-0.4, -0.2) is 0 Å². The van der Waals surface area contributed by atoms with Crippen molar-refractivity contribution >= 4 is 25.1 Å². The van der Waals surface area contributed by atoms with E-state index in [1.165, 1.54) is 0 Å². The van der Waals surface area contributed by atoms with Crippen LogP contribution in [0.3, 0.4) is 0 Å². The van der Waals surface area contributed by atoms with Gasteiger partial charge in [-0.3, -0.25) is 0 Å². The minimum atomic E-state index is -3.61. The van der Waals surface area contributed by atoms with Crippen molar-refractivity contribution in [1.82, 2.24) is 0 Å². The Morgan fingerprint density at radius 2 is 1.08 bits per heavy atom.